The van der Waals surface area contributed by atoms with Gasteiger partial charge in [0.15, 0.2) is 0 Å². The van der Waals surface area contributed by atoms with E-state index in [1.54, 1.807) is 0 Å². The second-order valence-electron chi connectivity index (χ2n) is 8.49. The predicted octanol–water partition coefficient (Wildman–Crippen LogP) is 7.50. The molecule has 0 fully saturated rings. The Morgan fingerprint density at radius 2 is 1.23 bits per heavy atom. The molecule has 0 amide bonds. The molecule has 0 saturated carbocycles. The van der Waals surface area contributed by atoms with Gasteiger partial charge in [-0.05, 0) is 19.3 Å². The van der Waals surface area contributed by atoms with Crippen molar-refractivity contribution in [3.63, 3.8) is 0 Å². The van der Waals surface area contributed by atoms with Crippen LogP contribution in [0.3, 0.4) is 0 Å². The van der Waals surface area contributed by atoms with Crippen molar-refractivity contribution in [2.24, 2.45) is 0 Å². The predicted molar refractivity (Wildman–Crippen MR) is 135 cm³/mol. The third-order valence-electron chi connectivity index (χ3n) is 4.81. The van der Waals surface area contributed by atoms with Crippen LogP contribution in [0.1, 0.15) is 25.0 Å². The van der Waals surface area contributed by atoms with Crippen LogP contribution in [-0.4, -0.2) is 24.3 Å². The van der Waals surface area contributed by atoms with Gasteiger partial charge in [0.05, 0.1) is 0 Å². The van der Waals surface area contributed by atoms with Gasteiger partial charge in [-0.1, -0.05) is 118 Å². The largest absolute Gasteiger partial charge is 0.290 e. The first-order valence-electron chi connectivity index (χ1n) is 10.3. The molecule has 30 heavy (non-hydrogen) atoms. The van der Waals surface area contributed by atoms with Gasteiger partial charge in [0.1, 0.15) is 8.24 Å². The van der Waals surface area contributed by atoms with Crippen molar-refractivity contribution in [3.05, 3.63) is 103 Å². The molecular formula is C26H31NPRhSi. The Morgan fingerprint density at radius 3 is 1.63 bits per heavy atom. The molecule has 2 aromatic carbocycles. The summed E-state index contributed by atoms with van der Waals surface area (Å²) in [6.45, 7) is 12.0. The van der Waals surface area contributed by atoms with Gasteiger partial charge in [-0.25, -0.2) is 0 Å². The van der Waals surface area contributed by atoms with E-state index in [0.29, 0.717) is 6.04 Å². The first kappa shape index (κ1) is 24.9. The summed E-state index contributed by atoms with van der Waals surface area (Å²) < 4.78 is 2.71. The Kier molecular flexibility index (Phi) is 9.38. The Labute approximate surface area is 198 Å². The molecule has 1 aliphatic heterocycles. The number of hydrogen-bond acceptors (Lipinski definition) is 1. The number of benzene rings is 2. The molecule has 0 N–H and O–H groups in total. The molecule has 2 aromatic rings. The third-order valence-corrected chi connectivity index (χ3v) is 8.54. The molecule has 2 aliphatic rings. The minimum Gasteiger partial charge on any atom is -0.290 e. The first-order chi connectivity index (χ1) is 13.9. The molecule has 1 nitrogen and oxygen atoms in total. The zero-order chi connectivity index (χ0) is 20.9. The van der Waals surface area contributed by atoms with Gasteiger partial charge in [0.2, 0.25) is 0 Å². The summed E-state index contributed by atoms with van der Waals surface area (Å²) in [7, 11) is -0.0626. The zero-order valence-corrected chi connectivity index (χ0v) is 22.0. The fourth-order valence-corrected chi connectivity index (χ4v) is 8.49. The van der Waals surface area contributed by atoms with Crippen molar-refractivity contribution in [1.29, 1.82) is 0 Å². The second kappa shape index (κ2) is 11.3. The molecule has 4 heteroatoms. The zero-order valence-electron chi connectivity index (χ0n) is 18.5. The van der Waals surface area contributed by atoms with Gasteiger partial charge in [0, 0.05) is 48.2 Å². The van der Waals surface area contributed by atoms with Gasteiger partial charge in [-0.2, -0.15) is 0 Å². The van der Waals surface area contributed by atoms with Crippen LogP contribution in [0.25, 0.3) is 10.9 Å². The Bertz CT molecular complexity index is 928. The van der Waals surface area contributed by atoms with Crippen molar-refractivity contribution >= 4 is 32.7 Å². The summed E-state index contributed by atoms with van der Waals surface area (Å²) in [5.41, 5.74) is 5.64. The molecule has 158 valence electrons. The summed E-state index contributed by atoms with van der Waals surface area (Å²) in [5, 5.41) is 1.46. The second-order valence-corrected chi connectivity index (χ2v) is 14.4. The summed E-state index contributed by atoms with van der Waals surface area (Å²) in [6.07, 6.45) is 10.0. The van der Waals surface area contributed by atoms with Gasteiger partial charge >= 0.3 is 0 Å². The summed E-state index contributed by atoms with van der Waals surface area (Å²) in [6, 6.07) is 22.2. The minimum atomic E-state index is -1.43. The van der Waals surface area contributed by atoms with E-state index < -0.39 is 8.24 Å². The van der Waals surface area contributed by atoms with Crippen LogP contribution in [-0.2, 0) is 19.5 Å². The maximum absolute atomic E-state index is 2.71. The van der Waals surface area contributed by atoms with Gasteiger partial charge in [-0.3, -0.25) is 4.57 Å². The molecule has 0 bridgehead atoms. The van der Waals surface area contributed by atoms with Crippen molar-refractivity contribution < 1.29 is 19.5 Å². The minimum absolute atomic E-state index is 0. The van der Waals surface area contributed by atoms with E-state index in [4.69, 9.17) is 0 Å². The summed E-state index contributed by atoms with van der Waals surface area (Å²) in [4.78, 5) is 0. The normalized spacial score (nSPS) is 15.4. The maximum Gasteiger partial charge on any atom is 0.125 e. The molecule has 0 aromatic heterocycles. The maximum atomic E-state index is 2.71. The van der Waals surface area contributed by atoms with E-state index >= 15 is 0 Å². The van der Waals surface area contributed by atoms with Crippen LogP contribution in [0.2, 0.25) is 19.6 Å². The fraction of sp³-hybridized carbons (Fsp3) is 0.231. The van der Waals surface area contributed by atoms with E-state index in [9.17, 15) is 0 Å². The quantitative estimate of drug-likeness (QED) is 0.292. The third kappa shape index (κ3) is 6.08. The van der Waals surface area contributed by atoms with Crippen molar-refractivity contribution in [3.8, 4) is 0 Å². The molecule has 4 rings (SSSR count). The summed E-state index contributed by atoms with van der Waals surface area (Å²) >= 11 is 0. The van der Waals surface area contributed by atoms with Gasteiger partial charge < -0.3 is 0 Å². The fourth-order valence-electron chi connectivity index (χ4n) is 3.78. The topological polar surface area (TPSA) is 3.24 Å². The first-order valence-corrected chi connectivity index (χ1v) is 14.6. The van der Waals surface area contributed by atoms with Crippen LogP contribution in [0, 0.1) is 6.42 Å². The average molecular weight is 520 g/mol. The van der Waals surface area contributed by atoms with E-state index in [0.717, 1.165) is 0 Å². The SMILES string of the molecule is CC(C)N(C1=PC(c2ccccc2)=C1c1ccccc1)[Si](C)(C)C.[CH]1C=CC=C1.[Rh]. The van der Waals surface area contributed by atoms with Gasteiger partial charge in [0.25, 0.3) is 0 Å². The van der Waals surface area contributed by atoms with E-state index in [-0.39, 0.29) is 19.5 Å². The van der Waals surface area contributed by atoms with E-state index in [2.05, 4.69) is 98.7 Å². The Balaban J connectivity index is 0.000000468. The standard InChI is InChI=1S/C21H26NPSi.C5H5.Rh/c1-16(2)22(24(3,4)5)21-19(17-12-8-6-9-13-17)20(23-21)18-14-10-7-11-15-18;1-2-4-5-3-1;/h6-16H,1-5H3;1-5H;. The monoisotopic (exact) mass is 519 g/mol. The van der Waals surface area contributed by atoms with Crippen molar-refractivity contribution in [2.75, 3.05) is 0 Å². The number of rotatable bonds is 5. The van der Waals surface area contributed by atoms with Crippen LogP contribution < -0.4 is 0 Å². The smallest absolute Gasteiger partial charge is 0.125 e. The number of allylic oxidation sites excluding steroid dienone is 4. The Hall–Kier alpha value is -1.37. The number of nitrogens with zero attached hydrogens (tertiary/aromatic N) is 1. The summed E-state index contributed by atoms with van der Waals surface area (Å²) in [5.74, 6) is 0. The van der Waals surface area contributed by atoms with Crippen LogP contribution in [0.15, 0.2) is 85.0 Å². The van der Waals surface area contributed by atoms with E-state index in [1.807, 2.05) is 30.7 Å². The van der Waals surface area contributed by atoms with Crippen molar-refractivity contribution in [1.82, 2.24) is 4.57 Å². The molecule has 2 radical (unpaired) electrons. The van der Waals surface area contributed by atoms with Crippen molar-refractivity contribution in [2.45, 2.75) is 39.5 Å². The molecule has 0 atom stereocenters. The van der Waals surface area contributed by atoms with E-state index in [1.165, 1.54) is 35.6 Å². The average Bonchev–Trinajstić information content (AvgIpc) is 3.25. The molecule has 0 spiro atoms. The molecule has 1 aliphatic carbocycles. The Morgan fingerprint density at radius 1 is 0.733 bits per heavy atom. The van der Waals surface area contributed by atoms with Crippen LogP contribution in [0.5, 0.6) is 0 Å². The number of hydrogen-bond donors (Lipinski definition) is 0. The molecule has 1 heterocycles. The molecule has 0 saturated heterocycles. The van der Waals surface area contributed by atoms with Crippen LogP contribution in [0.4, 0.5) is 0 Å². The molecular weight excluding hydrogens is 488 g/mol. The molecule has 0 unspecified atom stereocenters. The van der Waals surface area contributed by atoms with Gasteiger partial charge in [-0.15, -0.1) is 0 Å². The van der Waals surface area contributed by atoms with Crippen LogP contribution >= 0.6 is 8.20 Å².